The smallest absolute Gasteiger partial charge is 0.328 e. The van der Waals surface area contributed by atoms with Gasteiger partial charge in [0.15, 0.2) is 0 Å². The normalized spacial score (nSPS) is 23.4. The number of benzene rings is 1. The van der Waals surface area contributed by atoms with Gasteiger partial charge >= 0.3 is 5.69 Å². The van der Waals surface area contributed by atoms with Crippen LogP contribution in [-0.2, 0) is 6.54 Å². The maximum Gasteiger partial charge on any atom is 0.328 e. The molecule has 1 heterocycles. The molecule has 1 saturated carbocycles. The van der Waals surface area contributed by atoms with Crippen LogP contribution in [0.4, 0.5) is 0 Å². The second-order valence-corrected chi connectivity index (χ2v) is 7.86. The van der Waals surface area contributed by atoms with Crippen LogP contribution in [0.3, 0.4) is 0 Å². The molecule has 1 aromatic carbocycles. The van der Waals surface area contributed by atoms with E-state index in [1.54, 1.807) is 36.2 Å². The van der Waals surface area contributed by atoms with E-state index in [1.165, 1.54) is 12.3 Å². The van der Waals surface area contributed by atoms with Crippen molar-refractivity contribution in [1.29, 1.82) is 0 Å². The Balaban J connectivity index is 1.64. The fourth-order valence-corrected chi connectivity index (χ4v) is 3.82. The number of aromatic nitrogens is 2. The van der Waals surface area contributed by atoms with E-state index in [9.17, 15) is 24.6 Å². The lowest BCUT2D eigenvalue weighted by molar-refractivity contribution is -0.122. The van der Waals surface area contributed by atoms with Gasteiger partial charge in [0.2, 0.25) is 0 Å². The van der Waals surface area contributed by atoms with E-state index in [1.807, 2.05) is 0 Å². The van der Waals surface area contributed by atoms with Gasteiger partial charge in [-0.15, -0.1) is 0 Å². The summed E-state index contributed by atoms with van der Waals surface area (Å²) in [5, 5.41) is 21.5. The van der Waals surface area contributed by atoms with E-state index >= 15 is 0 Å². The Bertz CT molecular complexity index is 1020. The lowest BCUT2D eigenvalue weighted by Crippen LogP contribution is -2.55. The van der Waals surface area contributed by atoms with E-state index in [2.05, 4.69) is 4.98 Å². The summed E-state index contributed by atoms with van der Waals surface area (Å²) >= 11 is 0. The van der Waals surface area contributed by atoms with Gasteiger partial charge in [0.05, 0.1) is 12.6 Å². The number of ether oxygens (including phenoxy) is 1. The molecule has 2 aromatic rings. The van der Waals surface area contributed by atoms with Crippen LogP contribution >= 0.6 is 0 Å². The quantitative estimate of drug-likeness (QED) is 0.451. The lowest BCUT2D eigenvalue weighted by Gasteiger charge is -2.43. The van der Waals surface area contributed by atoms with Gasteiger partial charge < -0.3 is 25.6 Å². The largest absolute Gasteiger partial charge is 0.492 e. The molecule has 31 heavy (non-hydrogen) atoms. The SMILES string of the molecule is CN(C(=O)c1ccc(OCCN)cc1)[C@H]1CC[C@@](O)(Cn2ccc(=O)[nH]c2=O)[C@H](O)C1. The average molecular weight is 432 g/mol. The van der Waals surface area contributed by atoms with Crippen LogP contribution in [0, 0.1) is 0 Å². The highest BCUT2D eigenvalue weighted by molar-refractivity contribution is 5.94. The summed E-state index contributed by atoms with van der Waals surface area (Å²) in [4.78, 5) is 39.7. The first kappa shape index (κ1) is 22.7. The zero-order chi connectivity index (χ0) is 22.6. The third-order valence-electron chi connectivity index (χ3n) is 5.72. The summed E-state index contributed by atoms with van der Waals surface area (Å²) in [5.74, 6) is 0.421. The molecule has 1 amide bonds. The summed E-state index contributed by atoms with van der Waals surface area (Å²) in [6.07, 6.45) is 0.940. The van der Waals surface area contributed by atoms with E-state index in [0.717, 1.165) is 4.57 Å². The van der Waals surface area contributed by atoms with Gasteiger partial charge in [-0.3, -0.25) is 19.1 Å². The van der Waals surface area contributed by atoms with Crippen molar-refractivity contribution < 1.29 is 19.7 Å². The van der Waals surface area contributed by atoms with Crippen LogP contribution in [-0.4, -0.2) is 68.5 Å². The topological polar surface area (TPSA) is 151 Å². The Labute approximate surface area is 178 Å². The zero-order valence-electron chi connectivity index (χ0n) is 17.4. The number of carbonyl (C=O) groups excluding carboxylic acids is 1. The average Bonchev–Trinajstić information content (AvgIpc) is 2.76. The summed E-state index contributed by atoms with van der Waals surface area (Å²) in [5.41, 5.74) is 3.17. The minimum absolute atomic E-state index is 0.154. The van der Waals surface area contributed by atoms with Gasteiger partial charge in [0.25, 0.3) is 11.5 Å². The predicted octanol–water partition coefficient (Wildman–Crippen LogP) is -0.709. The molecule has 0 saturated heterocycles. The summed E-state index contributed by atoms with van der Waals surface area (Å²) in [7, 11) is 1.66. The molecule has 3 atom stereocenters. The second kappa shape index (κ2) is 9.46. The molecule has 0 unspecified atom stereocenters. The molecule has 3 rings (SSSR count). The van der Waals surface area contributed by atoms with Crippen molar-refractivity contribution in [2.45, 2.75) is 43.6 Å². The van der Waals surface area contributed by atoms with E-state index in [0.29, 0.717) is 30.9 Å². The summed E-state index contributed by atoms with van der Waals surface area (Å²) in [6.45, 7) is 0.635. The van der Waals surface area contributed by atoms with Crippen LogP contribution < -0.4 is 21.7 Å². The van der Waals surface area contributed by atoms with Crippen molar-refractivity contribution in [3.8, 4) is 5.75 Å². The predicted molar refractivity (Wildman–Crippen MR) is 113 cm³/mol. The van der Waals surface area contributed by atoms with Crippen LogP contribution in [0.2, 0.25) is 0 Å². The van der Waals surface area contributed by atoms with Crippen molar-refractivity contribution in [3.63, 3.8) is 0 Å². The first-order chi connectivity index (χ1) is 14.7. The van der Waals surface area contributed by atoms with Crippen molar-refractivity contribution in [3.05, 3.63) is 62.9 Å². The van der Waals surface area contributed by atoms with Crippen molar-refractivity contribution >= 4 is 5.91 Å². The number of hydrogen-bond acceptors (Lipinski definition) is 7. The monoisotopic (exact) mass is 432 g/mol. The number of nitrogens with one attached hydrogen (secondary N) is 1. The molecule has 1 fully saturated rings. The molecule has 10 nitrogen and oxygen atoms in total. The zero-order valence-corrected chi connectivity index (χ0v) is 17.4. The summed E-state index contributed by atoms with van der Waals surface area (Å²) in [6, 6.07) is 7.65. The fourth-order valence-electron chi connectivity index (χ4n) is 3.82. The molecule has 168 valence electrons. The highest BCUT2D eigenvalue weighted by Gasteiger charge is 2.43. The maximum absolute atomic E-state index is 12.8. The first-order valence-corrected chi connectivity index (χ1v) is 10.1. The van der Waals surface area contributed by atoms with Gasteiger partial charge in [-0.1, -0.05) is 0 Å². The third kappa shape index (κ3) is 5.22. The molecule has 0 radical (unpaired) electrons. The van der Waals surface area contributed by atoms with Crippen LogP contribution in [0.25, 0.3) is 0 Å². The number of hydrogen-bond donors (Lipinski definition) is 4. The van der Waals surface area contributed by atoms with E-state index < -0.39 is 23.0 Å². The Morgan fingerprint density at radius 3 is 2.65 bits per heavy atom. The van der Waals surface area contributed by atoms with Gasteiger partial charge in [0, 0.05) is 37.5 Å². The van der Waals surface area contributed by atoms with E-state index in [4.69, 9.17) is 10.5 Å². The molecular weight excluding hydrogens is 404 g/mol. The molecule has 10 heteroatoms. The Morgan fingerprint density at radius 1 is 1.32 bits per heavy atom. The van der Waals surface area contributed by atoms with E-state index in [-0.39, 0.29) is 31.3 Å². The molecule has 0 bridgehead atoms. The van der Waals surface area contributed by atoms with Crippen LogP contribution in [0.1, 0.15) is 29.6 Å². The number of H-pyrrole nitrogens is 1. The van der Waals surface area contributed by atoms with Gasteiger partial charge in [0.1, 0.15) is 18.0 Å². The number of amides is 1. The second-order valence-electron chi connectivity index (χ2n) is 7.86. The van der Waals surface area contributed by atoms with Crippen molar-refractivity contribution in [1.82, 2.24) is 14.5 Å². The molecule has 0 aliphatic heterocycles. The molecule has 1 aliphatic carbocycles. The number of carbonyl (C=O) groups is 1. The van der Waals surface area contributed by atoms with Crippen molar-refractivity contribution in [2.24, 2.45) is 5.73 Å². The first-order valence-electron chi connectivity index (χ1n) is 10.1. The number of rotatable bonds is 7. The van der Waals surface area contributed by atoms with Gasteiger partial charge in [-0.2, -0.15) is 0 Å². The minimum Gasteiger partial charge on any atom is -0.492 e. The Morgan fingerprint density at radius 2 is 2.03 bits per heavy atom. The standard InChI is InChI=1S/C21H28N4O6/c1-24(19(28)14-2-4-16(5-3-14)31-11-9-22)15-6-8-21(30,17(26)12-15)13-25-10-7-18(27)23-20(25)29/h2-5,7,10,15,17,26,30H,6,8-9,11-13,22H2,1H3,(H,23,27,29)/t15-,17+,21+/m0/s1. The number of nitrogens with two attached hydrogens (primary N) is 1. The Hall–Kier alpha value is -2.95. The molecular formula is C21H28N4O6. The number of aliphatic hydroxyl groups excluding tert-OH is 1. The lowest BCUT2D eigenvalue weighted by atomic mass is 9.79. The Kier molecular flexibility index (Phi) is 6.94. The van der Waals surface area contributed by atoms with Crippen molar-refractivity contribution in [2.75, 3.05) is 20.2 Å². The third-order valence-corrected chi connectivity index (χ3v) is 5.72. The molecule has 1 aliphatic rings. The highest BCUT2D eigenvalue weighted by atomic mass is 16.5. The maximum atomic E-state index is 12.8. The molecule has 0 spiro atoms. The van der Waals surface area contributed by atoms with Crippen LogP contribution in [0.5, 0.6) is 5.75 Å². The van der Waals surface area contributed by atoms with Crippen LogP contribution in [0.15, 0.2) is 46.1 Å². The number of aliphatic hydroxyl groups is 2. The molecule has 5 N–H and O–H groups in total. The number of nitrogens with zero attached hydrogens (tertiary/aromatic N) is 2. The highest BCUT2D eigenvalue weighted by Crippen LogP contribution is 2.32. The fraction of sp³-hybridized carbons (Fsp3) is 0.476. The van der Waals surface area contributed by atoms with Gasteiger partial charge in [-0.25, -0.2) is 4.79 Å². The van der Waals surface area contributed by atoms with Gasteiger partial charge in [-0.05, 0) is 43.5 Å². The minimum atomic E-state index is -1.54. The number of aromatic amines is 1. The summed E-state index contributed by atoms with van der Waals surface area (Å²) < 4.78 is 6.57. The molecule has 1 aromatic heterocycles.